The van der Waals surface area contributed by atoms with Gasteiger partial charge in [-0.3, -0.25) is 19.2 Å². The Kier molecular flexibility index (Phi) is 9.50. The van der Waals surface area contributed by atoms with E-state index in [2.05, 4.69) is 21.3 Å². The predicted molar refractivity (Wildman–Crippen MR) is 121 cm³/mol. The maximum Gasteiger partial charge on any atom is 0.255 e. The van der Waals surface area contributed by atoms with Gasteiger partial charge in [0, 0.05) is 27.2 Å². The van der Waals surface area contributed by atoms with Gasteiger partial charge in [0.1, 0.15) is 23.1 Å². The zero-order valence-corrected chi connectivity index (χ0v) is 19.1. The summed E-state index contributed by atoms with van der Waals surface area (Å²) in [5, 5.41) is 29.7. The molecule has 0 fully saturated rings. The van der Waals surface area contributed by atoms with Crippen molar-refractivity contribution in [1.82, 2.24) is 21.3 Å². The van der Waals surface area contributed by atoms with Crippen LogP contribution in [0.4, 0.5) is 8.78 Å². The van der Waals surface area contributed by atoms with Gasteiger partial charge in [0.15, 0.2) is 0 Å². The van der Waals surface area contributed by atoms with E-state index in [9.17, 15) is 38.2 Å². The van der Waals surface area contributed by atoms with Crippen LogP contribution >= 0.6 is 0 Å². The molecule has 0 spiro atoms. The molecular weight excluding hydrogens is 466 g/mol. The minimum Gasteiger partial charge on any atom is -0.506 e. The Morgan fingerprint density at radius 1 is 0.629 bits per heavy atom. The fraction of sp³-hybridized carbons (Fsp3) is 0.304. The topological polar surface area (TPSA) is 157 Å². The second-order valence-corrected chi connectivity index (χ2v) is 7.43. The molecule has 2 aromatic rings. The summed E-state index contributed by atoms with van der Waals surface area (Å²) in [5.41, 5.74) is -1.47. The summed E-state index contributed by atoms with van der Waals surface area (Å²) in [6.45, 7) is 0.358. The fourth-order valence-electron chi connectivity index (χ4n) is 3.18. The number of hydrogen-bond donors (Lipinski definition) is 6. The minimum absolute atomic E-state index is 0.179. The van der Waals surface area contributed by atoms with Gasteiger partial charge in [-0.05, 0) is 43.5 Å². The molecule has 0 radical (unpaired) electrons. The first-order valence-corrected chi connectivity index (χ1v) is 10.7. The summed E-state index contributed by atoms with van der Waals surface area (Å²) >= 11 is 0. The number of carbonyl (C=O) groups is 4. The molecule has 2 aromatic carbocycles. The van der Waals surface area contributed by atoms with Crippen LogP contribution in [-0.4, -0.2) is 61.0 Å². The lowest BCUT2D eigenvalue weighted by molar-refractivity contribution is 0.0936. The lowest BCUT2D eigenvalue weighted by Crippen LogP contribution is -2.27. The minimum atomic E-state index is -0.853. The highest BCUT2D eigenvalue weighted by atomic mass is 19.1. The maximum absolute atomic E-state index is 13.7. The van der Waals surface area contributed by atoms with Crippen LogP contribution in [0.2, 0.25) is 0 Å². The average Bonchev–Trinajstić information content (AvgIpc) is 2.84. The zero-order chi connectivity index (χ0) is 26.1. The molecule has 0 saturated heterocycles. The van der Waals surface area contributed by atoms with Gasteiger partial charge >= 0.3 is 0 Å². The lowest BCUT2D eigenvalue weighted by Gasteiger charge is -2.11. The van der Waals surface area contributed by atoms with E-state index in [1.165, 1.54) is 14.1 Å². The number of rotatable bonds is 10. The molecule has 35 heavy (non-hydrogen) atoms. The molecule has 188 valence electrons. The number of halogens is 2. The van der Waals surface area contributed by atoms with E-state index in [0.29, 0.717) is 19.3 Å². The lowest BCUT2D eigenvalue weighted by atomic mass is 10.1. The standard InChI is InChI=1S/C23H26F2N4O6/c1-26-20(32)14-8-12(24)10-16(18(14)30)22(34)28-6-4-3-5-7-29-23(35)17-11-13(25)9-15(19(17)31)21(33)27-2/h8-11,30-31H,3-7H2,1-2H3,(H,26,32)(H,27,33)(H,28,34)(H,29,35). The summed E-state index contributed by atoms with van der Waals surface area (Å²) in [6.07, 6.45) is 1.51. The molecule has 0 atom stereocenters. The number of nitrogens with one attached hydrogen (secondary N) is 4. The van der Waals surface area contributed by atoms with Crippen molar-refractivity contribution in [3.05, 3.63) is 58.2 Å². The van der Waals surface area contributed by atoms with Crippen molar-refractivity contribution in [1.29, 1.82) is 0 Å². The van der Waals surface area contributed by atoms with Crippen molar-refractivity contribution < 1.29 is 38.2 Å². The number of amides is 4. The Balaban J connectivity index is 1.81. The third-order valence-electron chi connectivity index (χ3n) is 5.01. The molecule has 4 amide bonds. The van der Waals surface area contributed by atoms with E-state index in [1.54, 1.807) is 0 Å². The highest BCUT2D eigenvalue weighted by molar-refractivity contribution is 6.04. The maximum atomic E-state index is 13.7. The van der Waals surface area contributed by atoms with Crippen LogP contribution < -0.4 is 21.3 Å². The van der Waals surface area contributed by atoms with E-state index in [4.69, 9.17) is 0 Å². The normalized spacial score (nSPS) is 10.4. The van der Waals surface area contributed by atoms with Gasteiger partial charge in [0.05, 0.1) is 22.3 Å². The molecule has 0 aliphatic rings. The molecule has 0 bridgehead atoms. The van der Waals surface area contributed by atoms with Crippen LogP contribution in [0.15, 0.2) is 24.3 Å². The molecule has 0 unspecified atom stereocenters. The molecule has 0 aliphatic carbocycles. The third-order valence-corrected chi connectivity index (χ3v) is 5.01. The van der Waals surface area contributed by atoms with E-state index in [-0.39, 0.29) is 35.3 Å². The van der Waals surface area contributed by atoms with E-state index in [1.807, 2.05) is 0 Å². The molecule has 12 heteroatoms. The van der Waals surface area contributed by atoms with Crippen LogP contribution in [0.3, 0.4) is 0 Å². The Morgan fingerprint density at radius 2 is 0.943 bits per heavy atom. The Morgan fingerprint density at radius 3 is 1.26 bits per heavy atom. The third kappa shape index (κ3) is 6.88. The Bertz CT molecular complexity index is 1050. The summed E-state index contributed by atoms with van der Waals surface area (Å²) in [4.78, 5) is 47.9. The first-order chi connectivity index (χ1) is 16.6. The van der Waals surface area contributed by atoms with Gasteiger partial charge in [0.2, 0.25) is 0 Å². The highest BCUT2D eigenvalue weighted by Gasteiger charge is 2.21. The Labute approximate surface area is 199 Å². The van der Waals surface area contributed by atoms with Crippen molar-refractivity contribution in [2.75, 3.05) is 27.2 Å². The van der Waals surface area contributed by atoms with Gasteiger partial charge in [-0.15, -0.1) is 0 Å². The van der Waals surface area contributed by atoms with Gasteiger partial charge in [0.25, 0.3) is 23.6 Å². The molecule has 2 rings (SSSR count). The van der Waals surface area contributed by atoms with Crippen molar-refractivity contribution >= 4 is 23.6 Å². The molecule has 10 nitrogen and oxygen atoms in total. The number of unbranched alkanes of at least 4 members (excludes halogenated alkanes) is 2. The predicted octanol–water partition coefficient (Wildman–Crippen LogP) is 1.43. The number of hydrogen-bond acceptors (Lipinski definition) is 6. The van der Waals surface area contributed by atoms with Crippen molar-refractivity contribution in [3.8, 4) is 11.5 Å². The highest BCUT2D eigenvalue weighted by Crippen LogP contribution is 2.25. The molecule has 6 N–H and O–H groups in total. The second kappa shape index (κ2) is 12.3. The average molecular weight is 492 g/mol. The van der Waals surface area contributed by atoms with Crippen molar-refractivity contribution in [2.45, 2.75) is 19.3 Å². The summed E-state index contributed by atoms with van der Waals surface area (Å²) < 4.78 is 27.5. The zero-order valence-electron chi connectivity index (χ0n) is 19.1. The summed E-state index contributed by atoms with van der Waals surface area (Å²) in [5.74, 6) is -5.97. The first-order valence-electron chi connectivity index (χ1n) is 10.7. The largest absolute Gasteiger partial charge is 0.506 e. The smallest absolute Gasteiger partial charge is 0.255 e. The van der Waals surface area contributed by atoms with E-state index >= 15 is 0 Å². The monoisotopic (exact) mass is 492 g/mol. The number of benzene rings is 2. The summed E-state index contributed by atoms with van der Waals surface area (Å²) in [7, 11) is 2.61. The van der Waals surface area contributed by atoms with Crippen molar-refractivity contribution in [2.24, 2.45) is 0 Å². The first kappa shape index (κ1) is 27.0. The van der Waals surface area contributed by atoms with Crippen molar-refractivity contribution in [3.63, 3.8) is 0 Å². The molecular formula is C23H26F2N4O6. The van der Waals surface area contributed by atoms with Gasteiger partial charge in [-0.2, -0.15) is 0 Å². The SMILES string of the molecule is CNC(=O)c1cc(F)cc(C(=O)NCCCCCNC(=O)c2cc(F)cc(C(=O)NC)c2O)c1O. The van der Waals surface area contributed by atoms with E-state index < -0.39 is 46.8 Å². The van der Waals surface area contributed by atoms with Gasteiger partial charge in [-0.1, -0.05) is 0 Å². The number of phenolic OH excluding ortho intramolecular Hbond substituents is 2. The Hall–Kier alpha value is -4.22. The van der Waals surface area contributed by atoms with Crippen LogP contribution in [0.1, 0.15) is 60.7 Å². The quantitative estimate of drug-likeness (QED) is 0.276. The molecule has 0 aliphatic heterocycles. The second-order valence-electron chi connectivity index (χ2n) is 7.43. The number of phenols is 2. The molecule has 0 heterocycles. The summed E-state index contributed by atoms with van der Waals surface area (Å²) in [6, 6.07) is 3.29. The fourth-order valence-corrected chi connectivity index (χ4v) is 3.18. The van der Waals surface area contributed by atoms with Crippen LogP contribution in [-0.2, 0) is 0 Å². The number of aromatic hydroxyl groups is 2. The van der Waals surface area contributed by atoms with Crippen LogP contribution in [0.5, 0.6) is 11.5 Å². The molecule has 0 aromatic heterocycles. The molecule has 0 saturated carbocycles. The van der Waals surface area contributed by atoms with Gasteiger partial charge < -0.3 is 31.5 Å². The van der Waals surface area contributed by atoms with Crippen LogP contribution in [0, 0.1) is 11.6 Å². The number of carbonyl (C=O) groups excluding carboxylic acids is 4. The van der Waals surface area contributed by atoms with E-state index in [0.717, 1.165) is 24.3 Å². The van der Waals surface area contributed by atoms with Gasteiger partial charge in [-0.25, -0.2) is 8.78 Å². The van der Waals surface area contributed by atoms with Crippen LogP contribution in [0.25, 0.3) is 0 Å².